The van der Waals surface area contributed by atoms with E-state index in [0.29, 0.717) is 0 Å². The molecule has 3 heteroatoms. The van der Waals surface area contributed by atoms with Crippen molar-refractivity contribution >= 4 is 43.1 Å². The summed E-state index contributed by atoms with van der Waals surface area (Å²) in [5.41, 5.74) is 1.80. The summed E-state index contributed by atoms with van der Waals surface area (Å²) in [6, 6.07) is 28.1. The topological polar surface area (TPSA) is 38.9 Å². The van der Waals surface area contributed by atoms with Crippen molar-refractivity contribution in [1.29, 1.82) is 0 Å². The van der Waals surface area contributed by atoms with Crippen LogP contribution < -0.4 is 0 Å². The molecule has 1 heterocycles. The molecule has 6 rings (SSSR count). The number of benzene rings is 5. The molecule has 0 aliphatic rings. The molecule has 0 unspecified atom stereocenters. The number of hydrogen-bond donors (Lipinski definition) is 0. The molecule has 0 radical (unpaired) electrons. The lowest BCUT2D eigenvalue weighted by atomic mass is 9.92. The molecule has 1 aromatic heterocycles. The molecule has 126 valence electrons. The maximum Gasteiger partial charge on any atom is 0.152 e. The van der Waals surface area contributed by atoms with Gasteiger partial charge in [-0.1, -0.05) is 78.9 Å². The minimum atomic E-state index is 0.756. The monoisotopic (exact) mass is 346 g/mol. The van der Waals surface area contributed by atoms with Gasteiger partial charge in [0, 0.05) is 10.8 Å². The van der Waals surface area contributed by atoms with Crippen molar-refractivity contribution < 1.29 is 4.52 Å². The average Bonchev–Trinajstić information content (AvgIpc) is 3.27. The van der Waals surface area contributed by atoms with Gasteiger partial charge in [-0.15, -0.1) is 5.10 Å². The molecule has 3 nitrogen and oxygen atoms in total. The van der Waals surface area contributed by atoms with Crippen LogP contribution in [-0.4, -0.2) is 10.4 Å². The van der Waals surface area contributed by atoms with E-state index < -0.39 is 0 Å². The van der Waals surface area contributed by atoms with Gasteiger partial charge < -0.3 is 4.52 Å². The van der Waals surface area contributed by atoms with Crippen LogP contribution in [0.5, 0.6) is 0 Å². The third-order valence-corrected chi connectivity index (χ3v) is 5.40. The minimum absolute atomic E-state index is 0.756. The van der Waals surface area contributed by atoms with E-state index in [1.54, 1.807) is 6.26 Å². The van der Waals surface area contributed by atoms with Crippen LogP contribution in [0.25, 0.3) is 54.3 Å². The first kappa shape index (κ1) is 14.4. The summed E-state index contributed by atoms with van der Waals surface area (Å²) >= 11 is 0. The largest absolute Gasteiger partial charge is 0.345 e. The smallest absolute Gasteiger partial charge is 0.152 e. The standard InChI is InChI=1S/C24H14N2O/c1-2-6-17-15(4-1)8-10-19-18(17)12-13-21-20(19)11-9-16-5-3-7-22(24(16)21)23-14-27-26-25-23/h1-14H. The summed E-state index contributed by atoms with van der Waals surface area (Å²) in [5, 5.41) is 17.7. The first-order valence-electron chi connectivity index (χ1n) is 8.93. The Balaban J connectivity index is 1.81. The second-order valence-electron chi connectivity index (χ2n) is 6.80. The Bertz CT molecular complexity index is 1470. The Morgan fingerprint density at radius 2 is 1.26 bits per heavy atom. The third-order valence-electron chi connectivity index (χ3n) is 5.40. The molecular formula is C24H14N2O. The number of fused-ring (bicyclic) bond motifs is 7. The molecule has 0 aliphatic heterocycles. The van der Waals surface area contributed by atoms with Crippen LogP contribution in [0, 0.1) is 0 Å². The van der Waals surface area contributed by atoms with Gasteiger partial charge in [-0.3, -0.25) is 0 Å². The molecule has 0 amide bonds. The molecule has 5 aromatic carbocycles. The molecule has 0 atom stereocenters. The first-order valence-corrected chi connectivity index (χ1v) is 8.93. The van der Waals surface area contributed by atoms with E-state index in [1.807, 2.05) is 6.07 Å². The second-order valence-corrected chi connectivity index (χ2v) is 6.80. The van der Waals surface area contributed by atoms with Gasteiger partial charge in [0.1, 0.15) is 5.69 Å². The second kappa shape index (κ2) is 5.39. The van der Waals surface area contributed by atoms with Crippen LogP contribution in [0.2, 0.25) is 0 Å². The van der Waals surface area contributed by atoms with Crippen LogP contribution in [0.4, 0.5) is 0 Å². The van der Waals surface area contributed by atoms with E-state index in [2.05, 4.69) is 83.2 Å². The van der Waals surface area contributed by atoms with Crippen LogP contribution in [0.1, 0.15) is 0 Å². The van der Waals surface area contributed by atoms with Gasteiger partial charge in [0.25, 0.3) is 0 Å². The van der Waals surface area contributed by atoms with Gasteiger partial charge in [-0.05, 0) is 43.1 Å². The van der Waals surface area contributed by atoms with Gasteiger partial charge in [-0.25, -0.2) is 0 Å². The molecule has 6 aromatic rings. The van der Waals surface area contributed by atoms with Crippen molar-refractivity contribution in [3.63, 3.8) is 0 Å². The third kappa shape index (κ3) is 2.02. The lowest BCUT2D eigenvalue weighted by molar-refractivity contribution is 0.393. The summed E-state index contributed by atoms with van der Waals surface area (Å²) in [6.07, 6.45) is 1.60. The molecule has 27 heavy (non-hydrogen) atoms. The first-order chi connectivity index (χ1) is 13.4. The van der Waals surface area contributed by atoms with E-state index in [9.17, 15) is 0 Å². The van der Waals surface area contributed by atoms with Gasteiger partial charge in [0.15, 0.2) is 6.26 Å². The summed E-state index contributed by atoms with van der Waals surface area (Å²) in [7, 11) is 0. The van der Waals surface area contributed by atoms with E-state index in [4.69, 9.17) is 4.52 Å². The quantitative estimate of drug-likeness (QED) is 0.326. The summed E-state index contributed by atoms with van der Waals surface area (Å²) in [4.78, 5) is 0. The van der Waals surface area contributed by atoms with Gasteiger partial charge in [0.05, 0.1) is 0 Å². The Hall–Kier alpha value is -3.72. The van der Waals surface area contributed by atoms with Crippen LogP contribution >= 0.6 is 0 Å². The van der Waals surface area contributed by atoms with Gasteiger partial charge >= 0.3 is 0 Å². The average molecular weight is 346 g/mol. The summed E-state index contributed by atoms with van der Waals surface area (Å²) < 4.78 is 4.99. The highest BCUT2D eigenvalue weighted by atomic mass is 16.5. The van der Waals surface area contributed by atoms with Crippen LogP contribution in [-0.2, 0) is 0 Å². The maximum atomic E-state index is 4.99. The van der Waals surface area contributed by atoms with Crippen molar-refractivity contribution in [2.75, 3.05) is 0 Å². The number of rotatable bonds is 1. The molecule has 0 N–H and O–H groups in total. The van der Waals surface area contributed by atoms with Crippen molar-refractivity contribution in [2.24, 2.45) is 0 Å². The molecule has 0 fully saturated rings. The fraction of sp³-hybridized carbons (Fsp3) is 0. The molecule has 0 saturated heterocycles. The highest BCUT2D eigenvalue weighted by molar-refractivity contribution is 6.24. The normalized spacial score (nSPS) is 11.7. The maximum absolute atomic E-state index is 4.99. The summed E-state index contributed by atoms with van der Waals surface area (Å²) in [6.45, 7) is 0. The lowest BCUT2D eigenvalue weighted by Gasteiger charge is -2.11. The highest BCUT2D eigenvalue weighted by Crippen LogP contribution is 2.38. The Morgan fingerprint density at radius 3 is 2.15 bits per heavy atom. The van der Waals surface area contributed by atoms with Crippen molar-refractivity contribution in [3.8, 4) is 11.3 Å². The van der Waals surface area contributed by atoms with E-state index in [1.165, 1.54) is 43.1 Å². The SMILES string of the molecule is c1ccc2c(c1)ccc1c2ccc2c1ccc1cccc(-c3conn3)c12. The zero-order valence-electron chi connectivity index (χ0n) is 14.4. The van der Waals surface area contributed by atoms with E-state index in [-0.39, 0.29) is 0 Å². The molecule has 0 bridgehead atoms. The Morgan fingerprint density at radius 1 is 0.556 bits per heavy atom. The van der Waals surface area contributed by atoms with Gasteiger partial charge in [0.2, 0.25) is 0 Å². The van der Waals surface area contributed by atoms with Crippen molar-refractivity contribution in [2.45, 2.75) is 0 Å². The minimum Gasteiger partial charge on any atom is -0.345 e. The van der Waals surface area contributed by atoms with Crippen LogP contribution in [0.15, 0.2) is 89.6 Å². The molecule has 0 saturated carbocycles. The van der Waals surface area contributed by atoms with Gasteiger partial charge in [-0.2, -0.15) is 0 Å². The predicted molar refractivity (Wildman–Crippen MR) is 110 cm³/mol. The molecular weight excluding hydrogens is 332 g/mol. The van der Waals surface area contributed by atoms with E-state index in [0.717, 1.165) is 11.3 Å². The number of hydrogen-bond acceptors (Lipinski definition) is 3. The summed E-state index contributed by atoms with van der Waals surface area (Å²) in [5.74, 6) is 0. The van der Waals surface area contributed by atoms with Crippen molar-refractivity contribution in [3.05, 3.63) is 85.1 Å². The predicted octanol–water partition coefficient (Wildman–Crippen LogP) is 6.35. The van der Waals surface area contributed by atoms with Crippen molar-refractivity contribution in [1.82, 2.24) is 10.4 Å². The van der Waals surface area contributed by atoms with Crippen LogP contribution in [0.3, 0.4) is 0 Å². The zero-order chi connectivity index (χ0) is 17.8. The Labute approximate surface area is 154 Å². The lowest BCUT2D eigenvalue weighted by Crippen LogP contribution is -1.86. The fourth-order valence-corrected chi connectivity index (χ4v) is 4.19. The molecule has 0 aliphatic carbocycles. The van der Waals surface area contributed by atoms with E-state index >= 15 is 0 Å². The Kier molecular flexibility index (Phi) is 2.88. The highest BCUT2D eigenvalue weighted by Gasteiger charge is 2.12. The number of aromatic nitrogens is 2. The number of nitrogens with zero attached hydrogens (tertiary/aromatic N) is 2. The zero-order valence-corrected chi connectivity index (χ0v) is 14.4. The fourth-order valence-electron chi connectivity index (χ4n) is 4.19. The molecule has 0 spiro atoms.